The number of carbonyl (C=O) groups is 2. The molecule has 0 N–H and O–H groups in total. The topological polar surface area (TPSA) is 72.0 Å². The van der Waals surface area contributed by atoms with E-state index in [1.807, 2.05) is 32.9 Å². The summed E-state index contributed by atoms with van der Waals surface area (Å²) >= 11 is 0. The fraction of sp³-hybridized carbons (Fsp3) is 0.679. The Labute approximate surface area is 209 Å². The van der Waals surface area contributed by atoms with E-state index in [1.54, 1.807) is 11.1 Å². The van der Waals surface area contributed by atoms with E-state index >= 15 is 0 Å². The van der Waals surface area contributed by atoms with E-state index in [0.717, 1.165) is 69.5 Å². The highest BCUT2D eigenvalue weighted by Gasteiger charge is 2.28. The standard InChI is InChI=1S/C28H41N3O4/c1-28(2,3)35-27(33)31-17-13-21(14-18-31)20-34-24-11-12-25(29-19-24)22-7-9-23(10-8-22)26(32)30-15-5-4-6-16-30/h7,11-12,19,21,23H,4-6,8-10,13-18,20H2,1-3H3. The zero-order valence-corrected chi connectivity index (χ0v) is 21.6. The molecule has 7 nitrogen and oxygen atoms in total. The van der Waals surface area contributed by atoms with Gasteiger partial charge in [0.05, 0.1) is 18.5 Å². The van der Waals surface area contributed by atoms with Crippen molar-refractivity contribution in [1.82, 2.24) is 14.8 Å². The predicted molar refractivity (Wildman–Crippen MR) is 136 cm³/mol. The van der Waals surface area contributed by atoms with Crippen LogP contribution in [0.2, 0.25) is 0 Å². The monoisotopic (exact) mass is 483 g/mol. The van der Waals surface area contributed by atoms with E-state index in [4.69, 9.17) is 9.47 Å². The fourth-order valence-corrected chi connectivity index (χ4v) is 5.14. The minimum atomic E-state index is -0.462. The Morgan fingerprint density at radius 3 is 2.34 bits per heavy atom. The maximum atomic E-state index is 12.8. The van der Waals surface area contributed by atoms with Crippen molar-refractivity contribution in [2.75, 3.05) is 32.8 Å². The minimum Gasteiger partial charge on any atom is -0.492 e. The van der Waals surface area contributed by atoms with E-state index in [2.05, 4.69) is 16.0 Å². The molecule has 2 saturated heterocycles. The summed E-state index contributed by atoms with van der Waals surface area (Å²) in [6, 6.07) is 4.02. The minimum absolute atomic E-state index is 0.126. The lowest BCUT2D eigenvalue weighted by Crippen LogP contribution is -2.42. The summed E-state index contributed by atoms with van der Waals surface area (Å²) in [6.45, 7) is 9.57. The fourth-order valence-electron chi connectivity index (χ4n) is 5.14. The molecule has 0 spiro atoms. The van der Waals surface area contributed by atoms with Crippen LogP contribution < -0.4 is 4.74 Å². The molecule has 0 saturated carbocycles. The molecule has 192 valence electrons. The summed E-state index contributed by atoms with van der Waals surface area (Å²) in [4.78, 5) is 33.5. The van der Waals surface area contributed by atoms with Crippen molar-refractivity contribution in [3.8, 4) is 5.75 Å². The predicted octanol–water partition coefficient (Wildman–Crippen LogP) is 5.30. The Bertz CT molecular complexity index is 892. The van der Waals surface area contributed by atoms with Crippen LogP contribution in [0.15, 0.2) is 24.4 Å². The summed E-state index contributed by atoms with van der Waals surface area (Å²) in [5, 5.41) is 0. The number of likely N-dealkylation sites (tertiary alicyclic amines) is 2. The maximum Gasteiger partial charge on any atom is 0.410 e. The number of hydrogen-bond acceptors (Lipinski definition) is 5. The molecule has 3 aliphatic rings. The molecule has 0 aromatic carbocycles. The number of rotatable bonds is 5. The zero-order valence-electron chi connectivity index (χ0n) is 21.6. The SMILES string of the molecule is CC(C)(C)OC(=O)N1CCC(COc2ccc(C3=CCC(C(=O)N4CCCCC4)CC3)nc2)CC1. The third-order valence-electron chi connectivity index (χ3n) is 7.25. The van der Waals surface area contributed by atoms with Gasteiger partial charge >= 0.3 is 6.09 Å². The second-order valence-electron chi connectivity index (χ2n) is 11.2. The normalized spacial score (nSPS) is 21.9. The molecule has 3 heterocycles. The number of pyridine rings is 1. The van der Waals surface area contributed by atoms with Crippen molar-refractivity contribution in [1.29, 1.82) is 0 Å². The number of hydrogen-bond donors (Lipinski definition) is 0. The van der Waals surface area contributed by atoms with E-state index < -0.39 is 5.60 Å². The third-order valence-corrected chi connectivity index (χ3v) is 7.25. The number of nitrogens with zero attached hydrogens (tertiary/aromatic N) is 3. The van der Waals surface area contributed by atoms with Crippen LogP contribution in [0.1, 0.15) is 77.8 Å². The largest absolute Gasteiger partial charge is 0.492 e. The third kappa shape index (κ3) is 7.21. The van der Waals surface area contributed by atoms with Crippen LogP contribution in [-0.2, 0) is 9.53 Å². The van der Waals surface area contributed by atoms with E-state index in [-0.39, 0.29) is 12.0 Å². The summed E-state index contributed by atoms with van der Waals surface area (Å²) in [7, 11) is 0. The van der Waals surface area contributed by atoms with Crippen molar-refractivity contribution in [2.45, 2.75) is 77.7 Å². The number of allylic oxidation sites excluding steroid dienone is 2. The molecule has 35 heavy (non-hydrogen) atoms. The molecule has 0 bridgehead atoms. The summed E-state index contributed by atoms with van der Waals surface area (Å²) in [6.07, 6.45) is 11.8. The zero-order chi connectivity index (χ0) is 24.8. The molecule has 1 unspecified atom stereocenters. The first-order valence-electron chi connectivity index (χ1n) is 13.3. The molecule has 0 radical (unpaired) electrons. The van der Waals surface area contributed by atoms with Gasteiger partial charge in [0.15, 0.2) is 0 Å². The highest BCUT2D eigenvalue weighted by molar-refractivity contribution is 5.80. The highest BCUT2D eigenvalue weighted by atomic mass is 16.6. The number of amides is 2. The van der Waals surface area contributed by atoms with Crippen LogP contribution in [0.5, 0.6) is 5.75 Å². The first-order valence-corrected chi connectivity index (χ1v) is 13.3. The summed E-state index contributed by atoms with van der Waals surface area (Å²) in [5.74, 6) is 1.66. The van der Waals surface area contributed by atoms with Crippen molar-refractivity contribution in [3.05, 3.63) is 30.1 Å². The van der Waals surface area contributed by atoms with Crippen LogP contribution in [0, 0.1) is 11.8 Å². The number of piperidine rings is 2. The lowest BCUT2D eigenvalue weighted by Gasteiger charge is -2.33. The van der Waals surface area contributed by atoms with Crippen LogP contribution in [0.3, 0.4) is 0 Å². The van der Waals surface area contributed by atoms with Crippen molar-refractivity contribution in [2.24, 2.45) is 11.8 Å². The summed E-state index contributed by atoms with van der Waals surface area (Å²) < 4.78 is 11.5. The average molecular weight is 484 g/mol. The van der Waals surface area contributed by atoms with Gasteiger partial charge in [-0.15, -0.1) is 0 Å². The Balaban J connectivity index is 1.20. The van der Waals surface area contributed by atoms with Gasteiger partial charge in [0.25, 0.3) is 0 Å². The van der Waals surface area contributed by atoms with Crippen molar-refractivity contribution in [3.63, 3.8) is 0 Å². The van der Waals surface area contributed by atoms with E-state index in [9.17, 15) is 9.59 Å². The number of ether oxygens (including phenoxy) is 2. The van der Waals surface area contributed by atoms with Crippen molar-refractivity contribution < 1.29 is 19.1 Å². The second kappa shape index (κ2) is 11.4. The molecule has 1 aromatic heterocycles. The second-order valence-corrected chi connectivity index (χ2v) is 11.2. The van der Waals surface area contributed by atoms with Gasteiger partial charge in [-0.25, -0.2) is 4.79 Å². The van der Waals surface area contributed by atoms with Gasteiger partial charge in [-0.05, 0) is 95.8 Å². The molecule has 1 atom stereocenters. The maximum absolute atomic E-state index is 12.8. The molecule has 2 amide bonds. The first kappa shape index (κ1) is 25.5. The Kier molecular flexibility index (Phi) is 8.34. The van der Waals surface area contributed by atoms with Crippen molar-refractivity contribution >= 4 is 17.6 Å². The number of carbonyl (C=O) groups excluding carboxylic acids is 2. The molecule has 4 rings (SSSR count). The smallest absolute Gasteiger partial charge is 0.410 e. The molecule has 1 aromatic rings. The molecule has 2 fully saturated rings. The first-order chi connectivity index (χ1) is 16.8. The molecule has 1 aliphatic carbocycles. The lowest BCUT2D eigenvalue weighted by molar-refractivity contribution is -0.136. The van der Waals surface area contributed by atoms with Gasteiger partial charge in [-0.2, -0.15) is 0 Å². The molecular formula is C28H41N3O4. The van der Waals surface area contributed by atoms with E-state index in [0.29, 0.717) is 31.5 Å². The molecular weight excluding hydrogens is 442 g/mol. The quantitative estimate of drug-likeness (QED) is 0.568. The van der Waals surface area contributed by atoms with Gasteiger partial charge < -0.3 is 19.3 Å². The Morgan fingerprint density at radius 1 is 1.00 bits per heavy atom. The van der Waals surface area contributed by atoms with Gasteiger partial charge in [-0.1, -0.05) is 6.08 Å². The molecule has 2 aliphatic heterocycles. The van der Waals surface area contributed by atoms with Crippen LogP contribution in [0.4, 0.5) is 4.79 Å². The molecule has 7 heteroatoms. The van der Waals surface area contributed by atoms with Crippen LogP contribution in [-0.4, -0.2) is 65.2 Å². The average Bonchev–Trinajstić information content (AvgIpc) is 2.87. The Morgan fingerprint density at radius 2 is 1.74 bits per heavy atom. The van der Waals surface area contributed by atoms with Gasteiger partial charge in [-0.3, -0.25) is 9.78 Å². The van der Waals surface area contributed by atoms with Gasteiger partial charge in [0, 0.05) is 32.1 Å². The van der Waals surface area contributed by atoms with Crippen LogP contribution >= 0.6 is 0 Å². The van der Waals surface area contributed by atoms with E-state index in [1.165, 1.54) is 12.0 Å². The number of aromatic nitrogens is 1. The lowest BCUT2D eigenvalue weighted by atomic mass is 9.87. The summed E-state index contributed by atoms with van der Waals surface area (Å²) in [5.41, 5.74) is 1.75. The van der Waals surface area contributed by atoms with Crippen LogP contribution in [0.25, 0.3) is 5.57 Å². The van der Waals surface area contributed by atoms with Gasteiger partial charge in [0.2, 0.25) is 5.91 Å². The Hall–Kier alpha value is -2.57. The van der Waals surface area contributed by atoms with Gasteiger partial charge in [0.1, 0.15) is 11.4 Å². The highest BCUT2D eigenvalue weighted by Crippen LogP contribution is 2.31.